The van der Waals surface area contributed by atoms with Gasteiger partial charge in [0.25, 0.3) is 0 Å². The van der Waals surface area contributed by atoms with E-state index in [0.29, 0.717) is 22.2 Å². The van der Waals surface area contributed by atoms with E-state index in [2.05, 4.69) is 5.10 Å². The zero-order chi connectivity index (χ0) is 14.1. The van der Waals surface area contributed by atoms with Crippen LogP contribution < -0.4 is 10.7 Å². The Balaban J connectivity index is 1.95. The molecule has 0 saturated heterocycles. The van der Waals surface area contributed by atoms with Crippen molar-refractivity contribution in [1.82, 2.24) is 0 Å². The van der Waals surface area contributed by atoms with Gasteiger partial charge < -0.3 is 15.6 Å². The van der Waals surface area contributed by atoms with Crippen LogP contribution in [0.5, 0.6) is 5.75 Å². The molecule has 0 spiro atoms. The molecular formula is C14H12ClN3O2. The van der Waals surface area contributed by atoms with E-state index >= 15 is 0 Å². The molecule has 0 aliphatic carbocycles. The fraction of sp³-hybridized carbons (Fsp3) is 0.0714. The number of hydrazone groups is 1. The maximum atomic E-state index is 9.92. The number of nitrogens with two attached hydrogens (primary N) is 1. The highest BCUT2D eigenvalue weighted by Gasteiger charge is 2.21. The van der Waals surface area contributed by atoms with E-state index in [-0.39, 0.29) is 12.5 Å². The molecule has 20 heavy (non-hydrogen) atoms. The molecule has 1 heterocycles. The number of rotatable bonds is 2. The number of phenols is 1. The van der Waals surface area contributed by atoms with Crippen LogP contribution in [0, 0.1) is 0 Å². The van der Waals surface area contributed by atoms with E-state index in [1.54, 1.807) is 11.1 Å². The molecule has 0 radical (unpaired) electrons. The third kappa shape index (κ3) is 2.23. The molecule has 3 N–H and O–H groups in total. The average Bonchev–Trinajstić information content (AvgIpc) is 2.93. The lowest BCUT2D eigenvalue weighted by Crippen LogP contribution is -2.12. The van der Waals surface area contributed by atoms with Crippen LogP contribution in [0.25, 0.3) is 0 Å². The monoisotopic (exact) mass is 289 g/mol. The Morgan fingerprint density at radius 2 is 2.00 bits per heavy atom. The Bertz CT molecular complexity index is 674. The first-order valence-corrected chi connectivity index (χ1v) is 6.35. The lowest BCUT2D eigenvalue weighted by molar-refractivity contribution is 0.336. The molecule has 3 rings (SSSR count). The van der Waals surface area contributed by atoms with Gasteiger partial charge in [0, 0.05) is 6.07 Å². The van der Waals surface area contributed by atoms with Crippen molar-refractivity contribution in [1.29, 1.82) is 0 Å². The van der Waals surface area contributed by atoms with E-state index in [4.69, 9.17) is 22.1 Å². The Labute approximate surface area is 120 Å². The highest BCUT2D eigenvalue weighted by atomic mass is 35.5. The zero-order valence-electron chi connectivity index (χ0n) is 10.5. The molecule has 5 nitrogen and oxygen atoms in total. The van der Waals surface area contributed by atoms with Crippen LogP contribution >= 0.6 is 11.6 Å². The van der Waals surface area contributed by atoms with Crippen LogP contribution in [0.1, 0.15) is 5.56 Å². The fourth-order valence-corrected chi connectivity index (χ4v) is 2.07. The smallest absolute Gasteiger partial charge is 0.244 e. The van der Waals surface area contributed by atoms with Gasteiger partial charge in [-0.2, -0.15) is 0 Å². The van der Waals surface area contributed by atoms with Gasteiger partial charge >= 0.3 is 0 Å². The predicted molar refractivity (Wildman–Crippen MR) is 78.9 cm³/mol. The number of para-hydroxylation sites is 1. The van der Waals surface area contributed by atoms with Gasteiger partial charge in [0.15, 0.2) is 6.73 Å². The van der Waals surface area contributed by atoms with Crippen molar-refractivity contribution in [3.8, 4) is 5.75 Å². The van der Waals surface area contributed by atoms with Crippen molar-refractivity contribution < 1.29 is 9.84 Å². The van der Waals surface area contributed by atoms with E-state index in [1.807, 2.05) is 30.3 Å². The summed E-state index contributed by atoms with van der Waals surface area (Å²) in [5.41, 5.74) is 7.26. The predicted octanol–water partition coefficient (Wildman–Crippen LogP) is 2.78. The number of benzene rings is 2. The summed E-state index contributed by atoms with van der Waals surface area (Å²) < 4.78 is 5.50. The van der Waals surface area contributed by atoms with E-state index in [0.717, 1.165) is 5.69 Å². The van der Waals surface area contributed by atoms with Gasteiger partial charge in [0.2, 0.25) is 5.90 Å². The van der Waals surface area contributed by atoms with E-state index in [1.165, 1.54) is 6.07 Å². The highest BCUT2D eigenvalue weighted by Crippen LogP contribution is 2.30. The van der Waals surface area contributed by atoms with Crippen LogP contribution in [0.4, 0.5) is 11.4 Å². The Hall–Kier alpha value is -2.40. The van der Waals surface area contributed by atoms with Crippen molar-refractivity contribution >= 4 is 28.9 Å². The van der Waals surface area contributed by atoms with Crippen LogP contribution in [0.3, 0.4) is 0 Å². The number of hydrogen-bond donors (Lipinski definition) is 2. The molecule has 0 bridgehead atoms. The summed E-state index contributed by atoms with van der Waals surface area (Å²) in [4.78, 5) is 0. The van der Waals surface area contributed by atoms with Crippen LogP contribution in [-0.4, -0.2) is 17.7 Å². The molecule has 0 atom stereocenters. The summed E-state index contributed by atoms with van der Waals surface area (Å²) in [6.07, 6.45) is 0. The maximum absolute atomic E-state index is 9.92. The average molecular weight is 290 g/mol. The molecule has 1 aliphatic rings. The summed E-state index contributed by atoms with van der Waals surface area (Å²) in [7, 11) is 0. The third-order valence-corrected chi connectivity index (χ3v) is 3.26. The molecular weight excluding hydrogens is 278 g/mol. The minimum absolute atomic E-state index is 0.0134. The SMILES string of the molecule is Nc1cc(O)c(C2=NN(c3ccccc3)CO2)cc1Cl. The van der Waals surface area contributed by atoms with Crippen LogP contribution in [0.2, 0.25) is 5.02 Å². The number of nitrogens with zero attached hydrogens (tertiary/aromatic N) is 2. The minimum Gasteiger partial charge on any atom is -0.507 e. The normalized spacial score (nSPS) is 14.1. The van der Waals surface area contributed by atoms with Crippen molar-refractivity contribution in [2.45, 2.75) is 0 Å². The Morgan fingerprint density at radius 3 is 2.75 bits per heavy atom. The molecule has 2 aromatic rings. The summed E-state index contributed by atoms with van der Waals surface area (Å²) in [5.74, 6) is 0.300. The van der Waals surface area contributed by atoms with Gasteiger partial charge in [0.1, 0.15) is 5.75 Å². The van der Waals surface area contributed by atoms with Gasteiger partial charge in [-0.3, -0.25) is 0 Å². The molecule has 0 saturated carbocycles. The van der Waals surface area contributed by atoms with Crippen molar-refractivity contribution in [2.24, 2.45) is 5.10 Å². The highest BCUT2D eigenvalue weighted by molar-refractivity contribution is 6.33. The minimum atomic E-state index is -0.0134. The number of hydrogen-bond acceptors (Lipinski definition) is 5. The van der Waals surface area contributed by atoms with Gasteiger partial charge in [-0.25, -0.2) is 5.01 Å². The number of anilines is 2. The molecule has 1 aliphatic heterocycles. The third-order valence-electron chi connectivity index (χ3n) is 2.93. The van der Waals surface area contributed by atoms with Gasteiger partial charge in [-0.05, 0) is 18.2 Å². The number of halogens is 1. The lowest BCUT2D eigenvalue weighted by atomic mass is 10.2. The van der Waals surface area contributed by atoms with E-state index < -0.39 is 0 Å². The second-order valence-corrected chi connectivity index (χ2v) is 4.71. The first-order valence-electron chi connectivity index (χ1n) is 5.97. The van der Waals surface area contributed by atoms with Gasteiger partial charge in [-0.1, -0.05) is 29.8 Å². The second-order valence-electron chi connectivity index (χ2n) is 4.30. The molecule has 102 valence electrons. The molecule has 0 amide bonds. The Morgan fingerprint density at radius 1 is 1.25 bits per heavy atom. The maximum Gasteiger partial charge on any atom is 0.244 e. The number of phenolic OH excluding ortho intramolecular Hbond substituents is 1. The standard InChI is InChI=1S/C14H12ClN3O2/c15-11-6-10(13(19)7-12(11)16)14-17-18(8-20-14)9-4-2-1-3-5-9/h1-7,19H,8,16H2. The lowest BCUT2D eigenvalue weighted by Gasteiger charge is -2.09. The number of aromatic hydroxyl groups is 1. The zero-order valence-corrected chi connectivity index (χ0v) is 11.2. The van der Waals surface area contributed by atoms with Gasteiger partial charge in [-0.15, -0.1) is 5.10 Å². The molecule has 6 heteroatoms. The number of ether oxygens (including phenoxy) is 1. The van der Waals surface area contributed by atoms with Crippen LogP contribution in [0.15, 0.2) is 47.6 Å². The van der Waals surface area contributed by atoms with Crippen LogP contribution in [-0.2, 0) is 4.74 Å². The largest absolute Gasteiger partial charge is 0.507 e. The molecule has 2 aromatic carbocycles. The van der Waals surface area contributed by atoms with Crippen molar-refractivity contribution in [3.63, 3.8) is 0 Å². The fourth-order valence-electron chi connectivity index (χ4n) is 1.90. The molecule has 0 unspecified atom stereocenters. The summed E-state index contributed by atoms with van der Waals surface area (Å²) in [6, 6.07) is 12.5. The van der Waals surface area contributed by atoms with Crippen molar-refractivity contribution in [2.75, 3.05) is 17.5 Å². The summed E-state index contributed by atoms with van der Waals surface area (Å²) in [6.45, 7) is 0.279. The summed E-state index contributed by atoms with van der Waals surface area (Å²) in [5, 5.41) is 16.3. The van der Waals surface area contributed by atoms with Crippen molar-refractivity contribution in [3.05, 3.63) is 53.1 Å². The molecule has 0 fully saturated rings. The number of nitrogen functional groups attached to an aromatic ring is 1. The van der Waals surface area contributed by atoms with Gasteiger partial charge in [0.05, 0.1) is 22.0 Å². The summed E-state index contributed by atoms with van der Waals surface area (Å²) >= 11 is 5.96. The topological polar surface area (TPSA) is 71.1 Å². The molecule has 0 aromatic heterocycles. The first-order chi connectivity index (χ1) is 9.65. The first kappa shape index (κ1) is 12.6. The second kappa shape index (κ2) is 4.94. The van der Waals surface area contributed by atoms with E-state index in [9.17, 15) is 5.11 Å². The quantitative estimate of drug-likeness (QED) is 0.834. The Kier molecular flexibility index (Phi) is 3.12.